The molecule has 22 heavy (non-hydrogen) atoms. The van der Waals surface area contributed by atoms with Gasteiger partial charge >= 0.3 is 0 Å². The van der Waals surface area contributed by atoms with Gasteiger partial charge in [-0.3, -0.25) is 4.98 Å². The molecule has 112 valence electrons. The maximum absolute atomic E-state index is 13.8. The molecule has 1 heterocycles. The van der Waals surface area contributed by atoms with Crippen molar-refractivity contribution in [2.75, 3.05) is 5.32 Å². The summed E-state index contributed by atoms with van der Waals surface area (Å²) >= 11 is 0. The van der Waals surface area contributed by atoms with E-state index in [4.69, 9.17) is 0 Å². The fraction of sp³-hybridized carbons (Fsp3) is 0.211. The van der Waals surface area contributed by atoms with E-state index >= 15 is 0 Å². The molecule has 3 aromatic rings. The molecule has 0 spiro atoms. The lowest BCUT2D eigenvalue weighted by molar-refractivity contribution is 0.637. The zero-order valence-electron chi connectivity index (χ0n) is 12.6. The Labute approximate surface area is 130 Å². The minimum absolute atomic E-state index is 0.280. The van der Waals surface area contributed by atoms with Crippen LogP contribution in [-0.4, -0.2) is 11.0 Å². The predicted octanol–water partition coefficient (Wildman–Crippen LogP) is 4.81. The van der Waals surface area contributed by atoms with E-state index in [1.54, 1.807) is 12.3 Å². The summed E-state index contributed by atoms with van der Waals surface area (Å²) in [5, 5.41) is 4.30. The molecule has 0 fully saturated rings. The lowest BCUT2D eigenvalue weighted by Crippen LogP contribution is -2.16. The zero-order valence-corrected chi connectivity index (χ0v) is 12.6. The van der Waals surface area contributed by atoms with Gasteiger partial charge in [-0.2, -0.15) is 0 Å². The number of benzene rings is 2. The molecule has 0 saturated carbocycles. The van der Waals surface area contributed by atoms with Gasteiger partial charge in [-0.25, -0.2) is 4.39 Å². The van der Waals surface area contributed by atoms with Gasteiger partial charge in [0.25, 0.3) is 0 Å². The Kier molecular flexibility index (Phi) is 4.33. The standard InChI is InChI=1S/C19H19FN2/c1-14(10-11-15-6-3-2-4-7-15)22-18-12-13-21-19-16(18)8-5-9-17(19)20/h2-9,12-14H,10-11H2,1H3,(H,21,22). The number of aromatic nitrogens is 1. The number of aryl methyl sites for hydroxylation is 1. The second kappa shape index (κ2) is 6.56. The fourth-order valence-corrected chi connectivity index (χ4v) is 2.63. The van der Waals surface area contributed by atoms with Crippen LogP contribution in [0.2, 0.25) is 0 Å². The van der Waals surface area contributed by atoms with Crippen molar-refractivity contribution in [1.29, 1.82) is 0 Å². The number of hydrogen-bond acceptors (Lipinski definition) is 2. The summed E-state index contributed by atoms with van der Waals surface area (Å²) in [6, 6.07) is 17.7. The number of nitrogens with zero attached hydrogens (tertiary/aromatic N) is 1. The largest absolute Gasteiger partial charge is 0.382 e. The quantitative estimate of drug-likeness (QED) is 0.730. The van der Waals surface area contributed by atoms with Crippen LogP contribution in [0.25, 0.3) is 10.9 Å². The lowest BCUT2D eigenvalue weighted by atomic mass is 10.1. The van der Waals surface area contributed by atoms with Crippen molar-refractivity contribution in [2.24, 2.45) is 0 Å². The highest BCUT2D eigenvalue weighted by Gasteiger charge is 2.08. The molecule has 3 heteroatoms. The van der Waals surface area contributed by atoms with Crippen molar-refractivity contribution in [3.05, 3.63) is 72.2 Å². The van der Waals surface area contributed by atoms with E-state index in [2.05, 4.69) is 41.5 Å². The van der Waals surface area contributed by atoms with Gasteiger partial charge in [0.1, 0.15) is 11.3 Å². The first kappa shape index (κ1) is 14.5. The van der Waals surface area contributed by atoms with Gasteiger partial charge in [-0.15, -0.1) is 0 Å². The zero-order chi connectivity index (χ0) is 15.4. The van der Waals surface area contributed by atoms with Crippen LogP contribution in [0.5, 0.6) is 0 Å². The Hall–Kier alpha value is -2.42. The Balaban J connectivity index is 1.72. The molecule has 2 aromatic carbocycles. The third kappa shape index (κ3) is 3.25. The normalized spacial score (nSPS) is 12.3. The average molecular weight is 294 g/mol. The smallest absolute Gasteiger partial charge is 0.149 e. The van der Waals surface area contributed by atoms with Gasteiger partial charge in [0.15, 0.2) is 0 Å². The minimum Gasteiger partial charge on any atom is -0.382 e. The summed E-state index contributed by atoms with van der Waals surface area (Å²) in [5.41, 5.74) is 2.69. The van der Waals surface area contributed by atoms with Crippen molar-refractivity contribution in [3.8, 4) is 0 Å². The first-order valence-electron chi connectivity index (χ1n) is 7.58. The number of para-hydroxylation sites is 1. The van der Waals surface area contributed by atoms with Gasteiger partial charge in [0.2, 0.25) is 0 Å². The molecule has 0 bridgehead atoms. The Bertz CT molecular complexity index is 756. The van der Waals surface area contributed by atoms with Crippen LogP contribution >= 0.6 is 0 Å². The van der Waals surface area contributed by atoms with Crippen LogP contribution in [0, 0.1) is 5.82 Å². The second-order valence-electron chi connectivity index (χ2n) is 5.56. The average Bonchev–Trinajstić information content (AvgIpc) is 2.55. The fourth-order valence-electron chi connectivity index (χ4n) is 2.63. The van der Waals surface area contributed by atoms with Crippen LogP contribution in [0.1, 0.15) is 18.9 Å². The first-order valence-corrected chi connectivity index (χ1v) is 7.58. The van der Waals surface area contributed by atoms with Crippen LogP contribution in [-0.2, 0) is 6.42 Å². The number of rotatable bonds is 5. The summed E-state index contributed by atoms with van der Waals surface area (Å²) < 4.78 is 13.8. The summed E-state index contributed by atoms with van der Waals surface area (Å²) in [6.45, 7) is 2.15. The Morgan fingerprint density at radius 1 is 1.05 bits per heavy atom. The topological polar surface area (TPSA) is 24.9 Å². The van der Waals surface area contributed by atoms with E-state index in [9.17, 15) is 4.39 Å². The van der Waals surface area contributed by atoms with E-state index in [0.29, 0.717) is 11.6 Å². The lowest BCUT2D eigenvalue weighted by Gasteiger charge is -2.17. The Morgan fingerprint density at radius 3 is 2.68 bits per heavy atom. The number of anilines is 1. The number of hydrogen-bond donors (Lipinski definition) is 1. The molecule has 3 rings (SSSR count). The molecule has 0 saturated heterocycles. The number of pyridine rings is 1. The number of halogens is 1. The highest BCUT2D eigenvalue weighted by molar-refractivity contribution is 5.91. The maximum Gasteiger partial charge on any atom is 0.149 e. The van der Waals surface area contributed by atoms with Crippen molar-refractivity contribution in [2.45, 2.75) is 25.8 Å². The summed E-state index contributed by atoms with van der Waals surface area (Å²) in [6.07, 6.45) is 3.69. The molecule has 0 radical (unpaired) electrons. The molecule has 1 aromatic heterocycles. The van der Waals surface area contributed by atoms with Crippen molar-refractivity contribution in [3.63, 3.8) is 0 Å². The molecule has 1 N–H and O–H groups in total. The highest BCUT2D eigenvalue weighted by atomic mass is 19.1. The Morgan fingerprint density at radius 2 is 1.86 bits per heavy atom. The molecular formula is C19H19FN2. The minimum atomic E-state index is -0.280. The number of nitrogens with one attached hydrogen (secondary N) is 1. The van der Waals surface area contributed by atoms with E-state index in [1.807, 2.05) is 18.2 Å². The van der Waals surface area contributed by atoms with Gasteiger partial charge in [-0.05, 0) is 37.5 Å². The van der Waals surface area contributed by atoms with Gasteiger partial charge in [-0.1, -0.05) is 42.5 Å². The van der Waals surface area contributed by atoms with Crippen molar-refractivity contribution < 1.29 is 4.39 Å². The van der Waals surface area contributed by atoms with E-state index in [0.717, 1.165) is 23.9 Å². The molecule has 0 amide bonds. The number of fused-ring (bicyclic) bond motifs is 1. The molecule has 1 atom stereocenters. The van der Waals surface area contributed by atoms with E-state index in [-0.39, 0.29) is 5.82 Å². The summed E-state index contributed by atoms with van der Waals surface area (Å²) in [7, 11) is 0. The third-order valence-corrected chi connectivity index (χ3v) is 3.83. The maximum atomic E-state index is 13.8. The monoisotopic (exact) mass is 294 g/mol. The van der Waals surface area contributed by atoms with E-state index in [1.165, 1.54) is 11.6 Å². The molecule has 0 aliphatic carbocycles. The second-order valence-corrected chi connectivity index (χ2v) is 5.56. The molecule has 2 nitrogen and oxygen atoms in total. The SMILES string of the molecule is CC(CCc1ccccc1)Nc1ccnc2c(F)cccc12. The van der Waals surface area contributed by atoms with Gasteiger partial charge < -0.3 is 5.32 Å². The van der Waals surface area contributed by atoms with Crippen LogP contribution in [0.15, 0.2) is 60.8 Å². The van der Waals surface area contributed by atoms with Crippen molar-refractivity contribution >= 4 is 16.6 Å². The summed E-state index contributed by atoms with van der Waals surface area (Å²) in [5.74, 6) is -0.280. The van der Waals surface area contributed by atoms with Gasteiger partial charge in [0.05, 0.1) is 0 Å². The highest BCUT2D eigenvalue weighted by Crippen LogP contribution is 2.24. The molecular weight excluding hydrogens is 275 g/mol. The predicted molar refractivity (Wildman–Crippen MR) is 89.5 cm³/mol. The first-order chi connectivity index (χ1) is 10.7. The third-order valence-electron chi connectivity index (χ3n) is 3.83. The van der Waals surface area contributed by atoms with Crippen LogP contribution < -0.4 is 5.32 Å². The molecule has 1 unspecified atom stereocenters. The van der Waals surface area contributed by atoms with Gasteiger partial charge in [0, 0.05) is 23.3 Å². The molecule has 0 aliphatic rings. The molecule has 0 aliphatic heterocycles. The van der Waals surface area contributed by atoms with E-state index < -0.39 is 0 Å². The van der Waals surface area contributed by atoms with Crippen molar-refractivity contribution in [1.82, 2.24) is 4.98 Å². The summed E-state index contributed by atoms with van der Waals surface area (Å²) in [4.78, 5) is 4.13. The van der Waals surface area contributed by atoms with Crippen LogP contribution in [0.4, 0.5) is 10.1 Å². The van der Waals surface area contributed by atoms with Crippen LogP contribution in [0.3, 0.4) is 0 Å².